The SMILES string of the molecule is Nc1ccc(Br)cc1C(=O)ON1CCCCC1. The standard InChI is InChI=1S/C12H15BrN2O2/c13-9-4-5-11(14)10(8-9)12(16)17-15-6-2-1-3-7-15/h4-5,8H,1-3,6-7,14H2. The van der Waals surface area contributed by atoms with Gasteiger partial charge in [0.1, 0.15) is 0 Å². The van der Waals surface area contributed by atoms with Crippen molar-refractivity contribution in [2.24, 2.45) is 0 Å². The van der Waals surface area contributed by atoms with E-state index in [4.69, 9.17) is 10.6 Å². The van der Waals surface area contributed by atoms with Gasteiger partial charge in [-0.15, -0.1) is 5.06 Å². The first-order chi connectivity index (χ1) is 8.16. The molecule has 1 aliphatic rings. The topological polar surface area (TPSA) is 55.6 Å². The second-order valence-electron chi connectivity index (χ2n) is 4.10. The Morgan fingerprint density at radius 2 is 2.00 bits per heavy atom. The van der Waals surface area contributed by atoms with Crippen molar-refractivity contribution in [3.05, 3.63) is 28.2 Å². The van der Waals surface area contributed by atoms with Gasteiger partial charge < -0.3 is 10.6 Å². The van der Waals surface area contributed by atoms with Gasteiger partial charge in [0.25, 0.3) is 0 Å². The Morgan fingerprint density at radius 3 is 2.71 bits per heavy atom. The van der Waals surface area contributed by atoms with Gasteiger partial charge in [0.2, 0.25) is 0 Å². The second-order valence-corrected chi connectivity index (χ2v) is 5.02. The summed E-state index contributed by atoms with van der Waals surface area (Å²) in [5.41, 5.74) is 6.60. The number of hydroxylamine groups is 2. The molecule has 0 aliphatic carbocycles. The van der Waals surface area contributed by atoms with E-state index < -0.39 is 0 Å². The molecular formula is C12H15BrN2O2. The van der Waals surface area contributed by atoms with Crippen molar-refractivity contribution >= 4 is 27.6 Å². The summed E-state index contributed by atoms with van der Waals surface area (Å²) in [5, 5.41) is 1.71. The number of nitrogens with zero attached hydrogens (tertiary/aromatic N) is 1. The lowest BCUT2D eigenvalue weighted by Crippen LogP contribution is -2.32. The Hall–Kier alpha value is -1.07. The Bertz CT molecular complexity index is 417. The van der Waals surface area contributed by atoms with Crippen LogP contribution < -0.4 is 5.73 Å². The molecule has 1 aromatic rings. The lowest BCUT2D eigenvalue weighted by molar-refractivity contribution is -0.119. The van der Waals surface area contributed by atoms with E-state index in [0.717, 1.165) is 30.4 Å². The van der Waals surface area contributed by atoms with Gasteiger partial charge in [-0.1, -0.05) is 22.4 Å². The summed E-state index contributed by atoms with van der Waals surface area (Å²) in [5.74, 6) is -0.384. The van der Waals surface area contributed by atoms with Crippen LogP contribution in [0.3, 0.4) is 0 Å². The van der Waals surface area contributed by atoms with Crippen LogP contribution in [0.4, 0.5) is 5.69 Å². The minimum atomic E-state index is -0.384. The molecular weight excluding hydrogens is 284 g/mol. The number of benzene rings is 1. The van der Waals surface area contributed by atoms with Crippen molar-refractivity contribution in [1.82, 2.24) is 5.06 Å². The maximum Gasteiger partial charge on any atom is 0.359 e. The lowest BCUT2D eigenvalue weighted by Gasteiger charge is -2.24. The van der Waals surface area contributed by atoms with Crippen molar-refractivity contribution in [2.75, 3.05) is 18.8 Å². The zero-order chi connectivity index (χ0) is 12.3. The molecule has 1 fully saturated rings. The summed E-state index contributed by atoms with van der Waals surface area (Å²) in [7, 11) is 0. The van der Waals surface area contributed by atoms with Crippen LogP contribution in [0, 0.1) is 0 Å². The van der Waals surface area contributed by atoms with Gasteiger partial charge in [0.15, 0.2) is 0 Å². The van der Waals surface area contributed by atoms with Crippen molar-refractivity contribution in [1.29, 1.82) is 0 Å². The molecule has 0 saturated carbocycles. The van der Waals surface area contributed by atoms with Gasteiger partial charge in [-0.05, 0) is 31.0 Å². The molecule has 17 heavy (non-hydrogen) atoms. The number of nitrogens with two attached hydrogens (primary N) is 1. The maximum absolute atomic E-state index is 11.9. The highest BCUT2D eigenvalue weighted by molar-refractivity contribution is 9.10. The molecule has 0 spiro atoms. The fourth-order valence-corrected chi connectivity index (χ4v) is 2.19. The van der Waals surface area contributed by atoms with Gasteiger partial charge >= 0.3 is 5.97 Å². The van der Waals surface area contributed by atoms with E-state index in [1.165, 1.54) is 6.42 Å². The van der Waals surface area contributed by atoms with Gasteiger partial charge in [0.05, 0.1) is 5.56 Å². The first-order valence-electron chi connectivity index (χ1n) is 5.69. The fourth-order valence-electron chi connectivity index (χ4n) is 1.83. The summed E-state index contributed by atoms with van der Waals surface area (Å²) in [4.78, 5) is 17.2. The van der Waals surface area contributed by atoms with E-state index in [9.17, 15) is 4.79 Å². The van der Waals surface area contributed by atoms with Crippen LogP contribution in [0.25, 0.3) is 0 Å². The third-order valence-electron chi connectivity index (χ3n) is 2.76. The average molecular weight is 299 g/mol. The number of hydrogen-bond donors (Lipinski definition) is 1. The lowest BCUT2D eigenvalue weighted by atomic mass is 10.2. The van der Waals surface area contributed by atoms with Crippen LogP contribution in [0.2, 0.25) is 0 Å². The maximum atomic E-state index is 11.9. The molecule has 2 rings (SSSR count). The quantitative estimate of drug-likeness (QED) is 0.853. The zero-order valence-corrected chi connectivity index (χ0v) is 11.1. The Balaban J connectivity index is 2.05. The monoisotopic (exact) mass is 298 g/mol. The van der Waals surface area contributed by atoms with E-state index >= 15 is 0 Å². The highest BCUT2D eigenvalue weighted by atomic mass is 79.9. The summed E-state index contributed by atoms with van der Waals surface area (Å²) in [6.07, 6.45) is 3.34. The van der Waals surface area contributed by atoms with Crippen LogP contribution >= 0.6 is 15.9 Å². The van der Waals surface area contributed by atoms with Crippen molar-refractivity contribution in [3.63, 3.8) is 0 Å². The molecule has 0 unspecified atom stereocenters. The number of carbonyl (C=O) groups excluding carboxylic acids is 1. The Labute approximate surface area is 109 Å². The average Bonchev–Trinajstić information content (AvgIpc) is 2.33. The molecule has 1 aliphatic heterocycles. The summed E-state index contributed by atoms with van der Waals surface area (Å²) in [6, 6.07) is 5.17. The van der Waals surface area contributed by atoms with E-state index in [1.54, 1.807) is 23.3 Å². The first kappa shape index (κ1) is 12.4. The molecule has 0 radical (unpaired) electrons. The third-order valence-corrected chi connectivity index (χ3v) is 3.26. The van der Waals surface area contributed by atoms with Crippen molar-refractivity contribution in [2.45, 2.75) is 19.3 Å². The molecule has 1 aromatic carbocycles. The second kappa shape index (κ2) is 5.51. The Kier molecular flexibility index (Phi) is 4.02. The smallest absolute Gasteiger partial charge is 0.359 e. The van der Waals surface area contributed by atoms with Crippen LogP contribution in [0.15, 0.2) is 22.7 Å². The molecule has 1 saturated heterocycles. The van der Waals surface area contributed by atoms with E-state index in [2.05, 4.69) is 15.9 Å². The minimum Gasteiger partial charge on any atom is -0.398 e. The van der Waals surface area contributed by atoms with Crippen LogP contribution in [-0.2, 0) is 4.84 Å². The number of nitrogen functional groups attached to an aromatic ring is 1. The van der Waals surface area contributed by atoms with Crippen LogP contribution in [0.5, 0.6) is 0 Å². The van der Waals surface area contributed by atoms with E-state index in [0.29, 0.717) is 11.3 Å². The van der Waals surface area contributed by atoms with E-state index in [-0.39, 0.29) is 5.97 Å². The third kappa shape index (κ3) is 3.20. The highest BCUT2D eigenvalue weighted by Crippen LogP contribution is 2.20. The van der Waals surface area contributed by atoms with Gasteiger partial charge in [-0.25, -0.2) is 4.79 Å². The fraction of sp³-hybridized carbons (Fsp3) is 0.417. The van der Waals surface area contributed by atoms with Crippen LogP contribution in [0.1, 0.15) is 29.6 Å². The molecule has 1 heterocycles. The molecule has 92 valence electrons. The van der Waals surface area contributed by atoms with Crippen molar-refractivity contribution in [3.8, 4) is 0 Å². The Morgan fingerprint density at radius 1 is 1.29 bits per heavy atom. The number of hydrogen-bond acceptors (Lipinski definition) is 4. The van der Waals surface area contributed by atoms with Gasteiger partial charge in [0, 0.05) is 23.2 Å². The molecule has 4 nitrogen and oxygen atoms in total. The number of rotatable bonds is 2. The predicted octanol–water partition coefficient (Wildman–Crippen LogP) is 2.59. The van der Waals surface area contributed by atoms with E-state index in [1.807, 2.05) is 0 Å². The number of anilines is 1. The minimum absolute atomic E-state index is 0.384. The number of piperidine rings is 1. The molecule has 0 bridgehead atoms. The first-order valence-corrected chi connectivity index (χ1v) is 6.48. The summed E-state index contributed by atoms with van der Waals surface area (Å²) in [6.45, 7) is 1.61. The van der Waals surface area contributed by atoms with Crippen molar-refractivity contribution < 1.29 is 9.63 Å². The molecule has 5 heteroatoms. The molecule has 0 aromatic heterocycles. The van der Waals surface area contributed by atoms with Gasteiger partial charge in [-0.3, -0.25) is 0 Å². The summed E-state index contributed by atoms with van der Waals surface area (Å²) >= 11 is 3.31. The number of carbonyl (C=O) groups is 1. The largest absolute Gasteiger partial charge is 0.398 e. The molecule has 2 N–H and O–H groups in total. The molecule has 0 atom stereocenters. The highest BCUT2D eigenvalue weighted by Gasteiger charge is 2.18. The predicted molar refractivity (Wildman–Crippen MR) is 69.4 cm³/mol. The zero-order valence-electron chi connectivity index (χ0n) is 9.49. The summed E-state index contributed by atoms with van der Waals surface area (Å²) < 4.78 is 0.817. The normalized spacial score (nSPS) is 16.8. The van der Waals surface area contributed by atoms with Gasteiger partial charge in [-0.2, -0.15) is 0 Å². The number of halogens is 1. The van der Waals surface area contributed by atoms with Crippen LogP contribution in [-0.4, -0.2) is 24.1 Å². The molecule has 0 amide bonds.